The fourth-order valence-electron chi connectivity index (χ4n) is 2.33. The summed E-state index contributed by atoms with van der Waals surface area (Å²) in [7, 11) is 0. The van der Waals surface area contributed by atoms with E-state index in [0.29, 0.717) is 23.8 Å². The Kier molecular flexibility index (Phi) is 3.46. The maximum absolute atomic E-state index is 12.3. The van der Waals surface area contributed by atoms with Gasteiger partial charge in [0.15, 0.2) is 5.69 Å². The van der Waals surface area contributed by atoms with Gasteiger partial charge in [0.1, 0.15) is 0 Å². The lowest BCUT2D eigenvalue weighted by Gasteiger charge is -2.13. The zero-order chi connectivity index (χ0) is 14.1. The van der Waals surface area contributed by atoms with Crippen LogP contribution in [0.1, 0.15) is 16.9 Å². The van der Waals surface area contributed by atoms with Crippen molar-refractivity contribution in [3.63, 3.8) is 0 Å². The van der Waals surface area contributed by atoms with Crippen LogP contribution in [0.25, 0.3) is 5.69 Å². The van der Waals surface area contributed by atoms with E-state index in [9.17, 15) is 4.79 Å². The number of nitrogens with two attached hydrogens (primary N) is 1. The smallest absolute Gasteiger partial charge is 0.274 e. The summed E-state index contributed by atoms with van der Waals surface area (Å²) >= 11 is 5.95. The molecule has 2 aromatic rings. The number of carbonyl (C=O) groups excluding carboxylic acids is 1. The van der Waals surface area contributed by atoms with E-state index >= 15 is 0 Å². The molecule has 2 N–H and O–H groups in total. The number of benzene rings is 1. The molecule has 104 valence electrons. The van der Waals surface area contributed by atoms with Crippen LogP contribution in [0.5, 0.6) is 0 Å². The molecule has 3 rings (SSSR count). The quantitative estimate of drug-likeness (QED) is 0.915. The second kappa shape index (κ2) is 5.26. The first-order chi connectivity index (χ1) is 9.63. The zero-order valence-electron chi connectivity index (χ0n) is 10.9. The fraction of sp³-hybridized carbons (Fsp3) is 0.286. The lowest BCUT2D eigenvalue weighted by atomic mass is 10.3. The Balaban J connectivity index is 1.81. The second-order valence-corrected chi connectivity index (χ2v) is 5.36. The largest absolute Gasteiger partial charge is 0.336 e. The summed E-state index contributed by atoms with van der Waals surface area (Å²) in [5.74, 6) is -0.0706. The molecule has 1 saturated heterocycles. The van der Waals surface area contributed by atoms with Gasteiger partial charge in [-0.3, -0.25) is 4.79 Å². The molecule has 1 aromatic carbocycles. The van der Waals surface area contributed by atoms with Gasteiger partial charge in [-0.15, -0.1) is 0 Å². The van der Waals surface area contributed by atoms with Gasteiger partial charge in [-0.25, -0.2) is 4.68 Å². The van der Waals surface area contributed by atoms with Crippen LogP contribution < -0.4 is 5.73 Å². The first kappa shape index (κ1) is 13.1. The molecule has 1 aliphatic rings. The number of aromatic nitrogens is 2. The number of carbonyl (C=O) groups is 1. The molecule has 1 atom stereocenters. The molecular formula is C14H15ClN4O. The molecule has 1 amide bonds. The molecule has 1 fully saturated rings. The van der Waals surface area contributed by atoms with Crippen LogP contribution in [0.2, 0.25) is 5.02 Å². The molecule has 0 unspecified atom stereocenters. The average molecular weight is 291 g/mol. The van der Waals surface area contributed by atoms with Crippen molar-refractivity contribution in [3.05, 3.63) is 47.2 Å². The van der Waals surface area contributed by atoms with Gasteiger partial charge in [0.2, 0.25) is 0 Å². The highest BCUT2D eigenvalue weighted by atomic mass is 35.5. The van der Waals surface area contributed by atoms with Gasteiger partial charge < -0.3 is 10.6 Å². The normalized spacial score (nSPS) is 18.5. The van der Waals surface area contributed by atoms with E-state index in [2.05, 4.69) is 5.10 Å². The molecule has 5 nitrogen and oxygen atoms in total. The predicted octanol–water partition coefficient (Wildman–Crippen LogP) is 1.70. The van der Waals surface area contributed by atoms with Crippen LogP contribution in [0.3, 0.4) is 0 Å². The minimum atomic E-state index is -0.0706. The van der Waals surface area contributed by atoms with E-state index in [4.69, 9.17) is 17.3 Å². The van der Waals surface area contributed by atoms with Crippen LogP contribution in [0.15, 0.2) is 36.5 Å². The van der Waals surface area contributed by atoms with Crippen molar-refractivity contribution >= 4 is 17.5 Å². The summed E-state index contributed by atoms with van der Waals surface area (Å²) in [5.41, 5.74) is 7.08. The molecule has 0 bridgehead atoms. The molecule has 1 aliphatic heterocycles. The van der Waals surface area contributed by atoms with E-state index in [1.165, 1.54) is 0 Å². The highest BCUT2D eigenvalue weighted by Gasteiger charge is 2.25. The summed E-state index contributed by atoms with van der Waals surface area (Å²) in [6.45, 7) is 1.30. The molecule has 0 spiro atoms. The molecular weight excluding hydrogens is 276 g/mol. The van der Waals surface area contributed by atoms with E-state index < -0.39 is 0 Å². The van der Waals surface area contributed by atoms with Gasteiger partial charge in [0, 0.05) is 30.4 Å². The van der Waals surface area contributed by atoms with Crippen LogP contribution >= 0.6 is 11.6 Å². The van der Waals surface area contributed by atoms with Crippen molar-refractivity contribution in [1.82, 2.24) is 14.7 Å². The summed E-state index contributed by atoms with van der Waals surface area (Å²) in [5, 5.41) is 4.95. The minimum Gasteiger partial charge on any atom is -0.336 e. The Morgan fingerprint density at radius 1 is 1.40 bits per heavy atom. The molecule has 1 aromatic heterocycles. The molecule has 0 radical (unpaired) electrons. The summed E-state index contributed by atoms with van der Waals surface area (Å²) in [4.78, 5) is 14.0. The molecule has 2 heterocycles. The SMILES string of the molecule is N[C@H]1CCN(C(=O)c2ccn(-c3cccc(Cl)c3)n2)C1. The number of hydrogen-bond donors (Lipinski definition) is 1. The topological polar surface area (TPSA) is 64.2 Å². The van der Waals surface area contributed by atoms with Crippen molar-refractivity contribution < 1.29 is 4.79 Å². The van der Waals surface area contributed by atoms with E-state index in [0.717, 1.165) is 12.1 Å². The third-order valence-corrected chi connectivity index (χ3v) is 3.63. The monoisotopic (exact) mass is 290 g/mol. The van der Waals surface area contributed by atoms with Crippen LogP contribution in [0.4, 0.5) is 0 Å². The van der Waals surface area contributed by atoms with Crippen LogP contribution in [-0.4, -0.2) is 39.7 Å². The van der Waals surface area contributed by atoms with Crippen molar-refractivity contribution in [2.24, 2.45) is 5.73 Å². The molecule has 0 aliphatic carbocycles. The first-order valence-corrected chi connectivity index (χ1v) is 6.88. The van der Waals surface area contributed by atoms with Crippen molar-refractivity contribution in [3.8, 4) is 5.69 Å². The van der Waals surface area contributed by atoms with E-state index in [-0.39, 0.29) is 11.9 Å². The first-order valence-electron chi connectivity index (χ1n) is 6.50. The third kappa shape index (κ3) is 2.55. The van der Waals surface area contributed by atoms with Gasteiger partial charge in [0.05, 0.1) is 5.69 Å². The lowest BCUT2D eigenvalue weighted by molar-refractivity contribution is 0.0784. The van der Waals surface area contributed by atoms with E-state index in [1.807, 2.05) is 12.1 Å². The summed E-state index contributed by atoms with van der Waals surface area (Å²) < 4.78 is 1.65. The summed E-state index contributed by atoms with van der Waals surface area (Å²) in [6.07, 6.45) is 2.61. The second-order valence-electron chi connectivity index (χ2n) is 4.93. The van der Waals surface area contributed by atoms with Gasteiger partial charge >= 0.3 is 0 Å². The third-order valence-electron chi connectivity index (χ3n) is 3.39. The number of likely N-dealkylation sites (tertiary alicyclic amines) is 1. The standard InChI is InChI=1S/C14H15ClN4O/c15-10-2-1-3-12(8-10)19-7-5-13(17-19)14(20)18-6-4-11(16)9-18/h1-3,5,7-8,11H,4,6,9,16H2/t11-/m0/s1. The molecule has 6 heteroatoms. The summed E-state index contributed by atoms with van der Waals surface area (Å²) in [6, 6.07) is 9.13. The van der Waals surface area contributed by atoms with Gasteiger partial charge in [0.25, 0.3) is 5.91 Å². The van der Waals surface area contributed by atoms with Gasteiger partial charge in [-0.1, -0.05) is 17.7 Å². The maximum Gasteiger partial charge on any atom is 0.274 e. The predicted molar refractivity (Wildman–Crippen MR) is 77.1 cm³/mol. The van der Waals surface area contributed by atoms with E-state index in [1.54, 1.807) is 34.0 Å². The van der Waals surface area contributed by atoms with Crippen LogP contribution in [-0.2, 0) is 0 Å². The highest BCUT2D eigenvalue weighted by Crippen LogP contribution is 2.16. The zero-order valence-corrected chi connectivity index (χ0v) is 11.6. The number of halogens is 1. The number of rotatable bonds is 2. The average Bonchev–Trinajstić information content (AvgIpc) is 3.07. The fourth-order valence-corrected chi connectivity index (χ4v) is 2.52. The Morgan fingerprint density at radius 2 is 2.25 bits per heavy atom. The lowest BCUT2D eigenvalue weighted by Crippen LogP contribution is -2.32. The van der Waals surface area contributed by atoms with Gasteiger partial charge in [-0.2, -0.15) is 5.10 Å². The maximum atomic E-state index is 12.3. The molecule has 0 saturated carbocycles. The number of nitrogens with zero attached hydrogens (tertiary/aromatic N) is 3. The Morgan fingerprint density at radius 3 is 2.95 bits per heavy atom. The minimum absolute atomic E-state index is 0.0706. The number of hydrogen-bond acceptors (Lipinski definition) is 3. The van der Waals surface area contributed by atoms with Crippen molar-refractivity contribution in [2.45, 2.75) is 12.5 Å². The highest BCUT2D eigenvalue weighted by molar-refractivity contribution is 6.30. The van der Waals surface area contributed by atoms with Crippen LogP contribution in [0, 0.1) is 0 Å². The molecule has 20 heavy (non-hydrogen) atoms. The Bertz CT molecular complexity index is 640. The van der Waals surface area contributed by atoms with Crippen molar-refractivity contribution in [2.75, 3.05) is 13.1 Å². The van der Waals surface area contributed by atoms with Crippen molar-refractivity contribution in [1.29, 1.82) is 0 Å². The Hall–Kier alpha value is -1.85. The van der Waals surface area contributed by atoms with Gasteiger partial charge in [-0.05, 0) is 30.7 Å². The Labute approximate surface area is 121 Å². The number of amides is 1.